The van der Waals surface area contributed by atoms with Crippen LogP contribution in [0.3, 0.4) is 0 Å². The minimum Gasteiger partial charge on any atom is -0.468 e. The van der Waals surface area contributed by atoms with Gasteiger partial charge in [-0.15, -0.1) is 0 Å². The van der Waals surface area contributed by atoms with Crippen molar-refractivity contribution in [1.29, 1.82) is 0 Å². The van der Waals surface area contributed by atoms with Crippen LogP contribution in [-0.4, -0.2) is 19.1 Å². The lowest BCUT2D eigenvalue weighted by molar-refractivity contribution is -0.142. The zero-order valence-corrected chi connectivity index (χ0v) is 11.9. The van der Waals surface area contributed by atoms with E-state index in [1.54, 1.807) is 0 Å². The zero-order valence-electron chi connectivity index (χ0n) is 11.2. The van der Waals surface area contributed by atoms with Gasteiger partial charge in [-0.1, -0.05) is 48.0 Å². The van der Waals surface area contributed by atoms with E-state index in [9.17, 15) is 4.79 Å². The summed E-state index contributed by atoms with van der Waals surface area (Å²) in [6.45, 7) is 0. The fraction of sp³-hybridized carbons (Fsp3) is 0.188. The molecule has 2 rings (SSSR count). The first-order chi connectivity index (χ1) is 9.60. The van der Waals surface area contributed by atoms with E-state index in [-0.39, 0.29) is 0 Å². The monoisotopic (exact) mass is 289 g/mol. The van der Waals surface area contributed by atoms with E-state index < -0.39 is 12.0 Å². The second-order valence-electron chi connectivity index (χ2n) is 4.54. The maximum Gasteiger partial charge on any atom is 0.322 e. The average Bonchev–Trinajstić information content (AvgIpc) is 2.48. The number of rotatable bonds is 4. The van der Waals surface area contributed by atoms with Crippen molar-refractivity contribution in [1.82, 2.24) is 0 Å². The summed E-state index contributed by atoms with van der Waals surface area (Å²) in [6.07, 6.45) is 0.466. The van der Waals surface area contributed by atoms with Crippen LogP contribution in [0.15, 0.2) is 48.5 Å². The van der Waals surface area contributed by atoms with Crippen molar-refractivity contribution < 1.29 is 9.53 Å². The largest absolute Gasteiger partial charge is 0.468 e. The highest BCUT2D eigenvalue weighted by Crippen LogP contribution is 2.22. The quantitative estimate of drug-likeness (QED) is 0.880. The van der Waals surface area contributed by atoms with Crippen LogP contribution < -0.4 is 5.73 Å². The van der Waals surface area contributed by atoms with Gasteiger partial charge in [0.05, 0.1) is 7.11 Å². The molecule has 0 aliphatic heterocycles. The molecule has 0 amide bonds. The standard InChI is InChI=1S/C16H16ClNO2/c1-20-16(19)15(18)10-11-2-4-12(5-3-11)13-6-8-14(17)9-7-13/h2-9,15H,10,18H2,1H3/t15-/m0/s1. The number of methoxy groups -OCH3 is 1. The van der Waals surface area contributed by atoms with Gasteiger partial charge in [0.1, 0.15) is 6.04 Å². The van der Waals surface area contributed by atoms with Crippen LogP contribution in [-0.2, 0) is 16.0 Å². The Kier molecular flexibility index (Phi) is 4.77. The summed E-state index contributed by atoms with van der Waals surface area (Å²) < 4.78 is 4.61. The van der Waals surface area contributed by atoms with Gasteiger partial charge in [0.25, 0.3) is 0 Å². The van der Waals surface area contributed by atoms with Gasteiger partial charge in [-0.3, -0.25) is 4.79 Å². The minimum absolute atomic E-state index is 0.397. The molecule has 0 radical (unpaired) electrons. The number of carbonyl (C=O) groups excluding carboxylic acids is 1. The van der Waals surface area contributed by atoms with Gasteiger partial charge in [-0.25, -0.2) is 0 Å². The van der Waals surface area contributed by atoms with Crippen LogP contribution in [0, 0.1) is 0 Å². The van der Waals surface area contributed by atoms with Crippen molar-refractivity contribution >= 4 is 17.6 Å². The lowest BCUT2D eigenvalue weighted by Gasteiger charge is -2.10. The molecular formula is C16H16ClNO2. The van der Waals surface area contributed by atoms with Gasteiger partial charge in [-0.05, 0) is 35.2 Å². The van der Waals surface area contributed by atoms with E-state index in [1.165, 1.54) is 7.11 Å². The Bertz CT molecular complexity index is 578. The van der Waals surface area contributed by atoms with E-state index in [4.69, 9.17) is 17.3 Å². The van der Waals surface area contributed by atoms with E-state index in [0.29, 0.717) is 6.42 Å². The Labute approximate surface area is 123 Å². The summed E-state index contributed by atoms with van der Waals surface area (Å²) in [5.41, 5.74) is 8.93. The summed E-state index contributed by atoms with van der Waals surface area (Å²) in [5, 5.41) is 0.717. The molecule has 4 heteroatoms. The molecule has 0 fully saturated rings. The normalized spacial score (nSPS) is 11.9. The lowest BCUT2D eigenvalue weighted by Crippen LogP contribution is -2.33. The zero-order chi connectivity index (χ0) is 14.5. The summed E-state index contributed by atoms with van der Waals surface area (Å²) in [6, 6.07) is 15.0. The smallest absolute Gasteiger partial charge is 0.322 e. The molecule has 0 bridgehead atoms. The summed E-state index contributed by atoms with van der Waals surface area (Å²) in [5.74, 6) is -0.397. The molecule has 2 N–H and O–H groups in total. The minimum atomic E-state index is -0.624. The van der Waals surface area contributed by atoms with Crippen molar-refractivity contribution in [3.05, 3.63) is 59.1 Å². The number of esters is 1. The van der Waals surface area contributed by atoms with E-state index in [2.05, 4.69) is 4.74 Å². The van der Waals surface area contributed by atoms with Crippen LogP contribution >= 0.6 is 11.6 Å². The van der Waals surface area contributed by atoms with Crippen molar-refractivity contribution in [2.45, 2.75) is 12.5 Å². The molecule has 0 saturated carbocycles. The molecule has 2 aromatic carbocycles. The first-order valence-corrected chi connectivity index (χ1v) is 6.66. The van der Waals surface area contributed by atoms with Gasteiger partial charge in [0, 0.05) is 5.02 Å². The highest BCUT2D eigenvalue weighted by molar-refractivity contribution is 6.30. The van der Waals surface area contributed by atoms with E-state index in [0.717, 1.165) is 21.7 Å². The molecule has 0 aliphatic rings. The molecule has 3 nitrogen and oxygen atoms in total. The molecule has 0 aliphatic carbocycles. The van der Waals surface area contributed by atoms with Crippen molar-refractivity contribution in [2.24, 2.45) is 5.73 Å². The van der Waals surface area contributed by atoms with Crippen LogP contribution in [0.4, 0.5) is 0 Å². The lowest BCUT2D eigenvalue weighted by atomic mass is 10.0. The molecule has 0 saturated heterocycles. The van der Waals surface area contributed by atoms with Gasteiger partial charge < -0.3 is 10.5 Å². The number of hydrogen-bond donors (Lipinski definition) is 1. The van der Waals surface area contributed by atoms with Crippen LogP contribution in [0.2, 0.25) is 5.02 Å². The number of hydrogen-bond acceptors (Lipinski definition) is 3. The topological polar surface area (TPSA) is 52.3 Å². The fourth-order valence-corrected chi connectivity index (χ4v) is 2.09. The molecule has 0 aromatic heterocycles. The molecule has 2 aromatic rings. The summed E-state index contributed by atoms with van der Waals surface area (Å²) in [4.78, 5) is 11.3. The first-order valence-electron chi connectivity index (χ1n) is 6.28. The molecule has 0 unspecified atom stereocenters. The molecule has 1 atom stereocenters. The number of ether oxygens (including phenoxy) is 1. The van der Waals surface area contributed by atoms with Crippen LogP contribution in [0.1, 0.15) is 5.56 Å². The molecule has 0 heterocycles. The third kappa shape index (κ3) is 3.59. The Morgan fingerprint density at radius 1 is 1.10 bits per heavy atom. The highest BCUT2D eigenvalue weighted by Gasteiger charge is 2.13. The number of halogens is 1. The van der Waals surface area contributed by atoms with E-state index in [1.807, 2.05) is 48.5 Å². The van der Waals surface area contributed by atoms with Crippen molar-refractivity contribution in [2.75, 3.05) is 7.11 Å². The SMILES string of the molecule is COC(=O)[C@@H](N)Cc1ccc(-c2ccc(Cl)cc2)cc1. The summed E-state index contributed by atoms with van der Waals surface area (Å²) in [7, 11) is 1.34. The number of benzene rings is 2. The Balaban J connectivity index is 2.10. The van der Waals surface area contributed by atoms with Gasteiger partial charge in [-0.2, -0.15) is 0 Å². The second-order valence-corrected chi connectivity index (χ2v) is 4.97. The highest BCUT2D eigenvalue weighted by atomic mass is 35.5. The fourth-order valence-electron chi connectivity index (χ4n) is 1.96. The van der Waals surface area contributed by atoms with Crippen LogP contribution in [0.5, 0.6) is 0 Å². The molecular weight excluding hydrogens is 274 g/mol. The molecule has 104 valence electrons. The third-order valence-electron chi connectivity index (χ3n) is 3.09. The van der Waals surface area contributed by atoms with Crippen molar-refractivity contribution in [3.63, 3.8) is 0 Å². The van der Waals surface area contributed by atoms with Crippen molar-refractivity contribution in [3.8, 4) is 11.1 Å². The predicted molar refractivity (Wildman–Crippen MR) is 80.6 cm³/mol. The number of nitrogens with two attached hydrogens (primary N) is 1. The van der Waals surface area contributed by atoms with Gasteiger partial charge >= 0.3 is 5.97 Å². The second kappa shape index (κ2) is 6.55. The number of carbonyl (C=O) groups is 1. The average molecular weight is 290 g/mol. The summed E-state index contributed by atoms with van der Waals surface area (Å²) >= 11 is 5.87. The van der Waals surface area contributed by atoms with Crippen LogP contribution in [0.25, 0.3) is 11.1 Å². The maximum atomic E-state index is 11.3. The Morgan fingerprint density at radius 2 is 1.60 bits per heavy atom. The van der Waals surface area contributed by atoms with Gasteiger partial charge in [0.2, 0.25) is 0 Å². The Hall–Kier alpha value is -1.84. The molecule has 20 heavy (non-hydrogen) atoms. The Morgan fingerprint density at radius 3 is 2.10 bits per heavy atom. The third-order valence-corrected chi connectivity index (χ3v) is 3.34. The van der Waals surface area contributed by atoms with Gasteiger partial charge in [0.15, 0.2) is 0 Å². The molecule has 0 spiro atoms. The predicted octanol–water partition coefficient (Wildman–Crippen LogP) is 3.05. The van der Waals surface area contributed by atoms with E-state index >= 15 is 0 Å². The maximum absolute atomic E-state index is 11.3. The first kappa shape index (κ1) is 14.6.